The topological polar surface area (TPSA) is 88.1 Å². The molecule has 0 bridgehead atoms. The van der Waals surface area contributed by atoms with Gasteiger partial charge in [0, 0.05) is 38.3 Å². The number of carbonyl (C=O) groups is 2. The number of anilines is 2. The van der Waals surface area contributed by atoms with Crippen molar-refractivity contribution in [1.82, 2.24) is 15.0 Å². The Morgan fingerprint density at radius 1 is 1.32 bits per heavy atom. The van der Waals surface area contributed by atoms with Crippen molar-refractivity contribution in [3.63, 3.8) is 0 Å². The van der Waals surface area contributed by atoms with E-state index in [4.69, 9.17) is 11.6 Å². The minimum atomic E-state index is -4.51. The fraction of sp³-hybridized carbons (Fsp3) is 0.450. The molecule has 0 radical (unpaired) electrons. The van der Waals surface area contributed by atoms with Crippen LogP contribution in [0.3, 0.4) is 0 Å². The molecule has 1 N–H and O–H groups in total. The molecule has 1 saturated heterocycles. The van der Waals surface area contributed by atoms with E-state index in [1.165, 1.54) is 12.3 Å². The molecule has 2 aromatic rings. The quantitative estimate of drug-likeness (QED) is 0.650. The van der Waals surface area contributed by atoms with Gasteiger partial charge in [0.15, 0.2) is 5.78 Å². The molecule has 3 rings (SSSR count). The number of hydrogen-bond donors (Lipinski definition) is 1. The number of halogens is 4. The van der Waals surface area contributed by atoms with E-state index in [9.17, 15) is 22.8 Å². The highest BCUT2D eigenvalue weighted by Gasteiger charge is 2.32. The molecule has 1 aliphatic rings. The van der Waals surface area contributed by atoms with Crippen LogP contribution in [-0.4, -0.2) is 39.7 Å². The fourth-order valence-electron chi connectivity index (χ4n) is 3.40. The van der Waals surface area contributed by atoms with Crippen molar-refractivity contribution in [3.8, 4) is 0 Å². The lowest BCUT2D eigenvalue weighted by Crippen LogP contribution is -2.37. The number of pyridine rings is 1. The molecule has 0 unspecified atom stereocenters. The van der Waals surface area contributed by atoms with E-state index in [-0.39, 0.29) is 52.9 Å². The van der Waals surface area contributed by atoms with Crippen LogP contribution in [0.5, 0.6) is 0 Å². The first kappa shape index (κ1) is 22.9. The molecule has 2 aromatic heterocycles. The zero-order valence-electron chi connectivity index (χ0n) is 16.7. The van der Waals surface area contributed by atoms with Crippen LogP contribution in [0.2, 0.25) is 5.02 Å². The van der Waals surface area contributed by atoms with E-state index in [0.717, 1.165) is 25.1 Å². The maximum Gasteiger partial charge on any atom is 0.417 e. The highest BCUT2D eigenvalue weighted by Crippen LogP contribution is 2.35. The number of Topliss-reactive ketones (excluding diaryl/α,β-unsaturated/α-hetero) is 1. The number of piperidine rings is 1. The molecule has 31 heavy (non-hydrogen) atoms. The van der Waals surface area contributed by atoms with E-state index < -0.39 is 11.7 Å². The lowest BCUT2D eigenvalue weighted by molar-refractivity contribution is -0.137. The standard InChI is InChI=1S/C20H21ClF3N5O2/c1-2-17(31)28-19-25-6-5-15(27-19)16(30)8-12-4-3-7-29(11-12)18-14(21)9-13(10-26-18)20(22,23)24/h5-6,9-10,12H,2-4,7-8,11H2,1H3,(H,25,27,28,31)/t12-/m0/s1. The van der Waals surface area contributed by atoms with Crippen LogP contribution >= 0.6 is 11.6 Å². The zero-order valence-corrected chi connectivity index (χ0v) is 17.5. The molecule has 0 saturated carbocycles. The first-order valence-corrected chi connectivity index (χ1v) is 10.2. The third-order valence-corrected chi connectivity index (χ3v) is 5.23. The smallest absolute Gasteiger partial charge is 0.355 e. The van der Waals surface area contributed by atoms with E-state index in [1.807, 2.05) is 0 Å². The van der Waals surface area contributed by atoms with Crippen LogP contribution in [-0.2, 0) is 11.0 Å². The Morgan fingerprint density at radius 2 is 2.10 bits per heavy atom. The number of amides is 1. The van der Waals surface area contributed by atoms with Crippen LogP contribution in [0.4, 0.5) is 24.9 Å². The third kappa shape index (κ3) is 5.90. The molecule has 1 amide bonds. The number of aromatic nitrogens is 3. The van der Waals surface area contributed by atoms with Crippen LogP contribution in [0, 0.1) is 5.92 Å². The maximum absolute atomic E-state index is 12.8. The van der Waals surface area contributed by atoms with E-state index >= 15 is 0 Å². The van der Waals surface area contributed by atoms with Crippen LogP contribution in [0.1, 0.15) is 48.7 Å². The Bertz CT molecular complexity index is 970. The fourth-order valence-corrected chi connectivity index (χ4v) is 3.68. The summed E-state index contributed by atoms with van der Waals surface area (Å²) in [4.78, 5) is 37.9. The van der Waals surface area contributed by atoms with E-state index in [2.05, 4.69) is 20.3 Å². The van der Waals surface area contributed by atoms with Crippen molar-refractivity contribution in [3.05, 3.63) is 40.8 Å². The summed E-state index contributed by atoms with van der Waals surface area (Å²) in [7, 11) is 0. The molecule has 0 aromatic carbocycles. The van der Waals surface area contributed by atoms with Gasteiger partial charge in [-0.2, -0.15) is 13.2 Å². The highest BCUT2D eigenvalue weighted by atomic mass is 35.5. The molecule has 11 heteroatoms. The average molecular weight is 456 g/mol. The van der Waals surface area contributed by atoms with Crippen molar-refractivity contribution in [2.45, 2.75) is 38.8 Å². The van der Waals surface area contributed by atoms with Crippen molar-refractivity contribution >= 4 is 35.1 Å². The molecular formula is C20H21ClF3N5O2. The van der Waals surface area contributed by atoms with Crippen molar-refractivity contribution < 1.29 is 22.8 Å². The molecule has 1 aliphatic heterocycles. The summed E-state index contributed by atoms with van der Waals surface area (Å²) in [6, 6.07) is 2.35. The molecule has 7 nitrogen and oxygen atoms in total. The summed E-state index contributed by atoms with van der Waals surface area (Å²) in [5.41, 5.74) is -0.705. The second-order valence-corrected chi connectivity index (χ2v) is 7.68. The predicted octanol–water partition coefficient (Wildman–Crippen LogP) is 4.38. The van der Waals surface area contributed by atoms with Gasteiger partial charge in [-0.05, 0) is 30.9 Å². The van der Waals surface area contributed by atoms with Crippen molar-refractivity contribution in [2.75, 3.05) is 23.3 Å². The monoisotopic (exact) mass is 455 g/mol. The molecular weight excluding hydrogens is 435 g/mol. The predicted molar refractivity (Wildman–Crippen MR) is 109 cm³/mol. The lowest BCUT2D eigenvalue weighted by atomic mass is 9.92. The Hall–Kier alpha value is -2.75. The molecule has 1 atom stereocenters. The van der Waals surface area contributed by atoms with Crippen molar-refractivity contribution in [1.29, 1.82) is 0 Å². The van der Waals surface area contributed by atoms with Crippen LogP contribution < -0.4 is 10.2 Å². The second kappa shape index (κ2) is 9.59. The number of rotatable bonds is 6. The van der Waals surface area contributed by atoms with Gasteiger partial charge in [0.25, 0.3) is 0 Å². The summed E-state index contributed by atoms with van der Waals surface area (Å²) >= 11 is 6.07. The Kier molecular flexibility index (Phi) is 7.09. The van der Waals surface area contributed by atoms with Crippen LogP contribution in [0.15, 0.2) is 24.5 Å². The zero-order chi connectivity index (χ0) is 22.6. The number of alkyl halides is 3. The lowest BCUT2D eigenvalue weighted by Gasteiger charge is -2.34. The summed E-state index contributed by atoms with van der Waals surface area (Å²) in [5.74, 6) is -0.145. The van der Waals surface area contributed by atoms with Crippen molar-refractivity contribution in [2.24, 2.45) is 5.92 Å². The SMILES string of the molecule is CCC(=O)Nc1nccc(C(=O)C[C@@H]2CCCN(c3ncc(C(F)(F)F)cc3Cl)C2)n1. The average Bonchev–Trinajstić information content (AvgIpc) is 2.73. The summed E-state index contributed by atoms with van der Waals surface area (Å²) in [6.07, 6.45) is -0.344. The number of carbonyl (C=O) groups excluding carboxylic acids is 2. The largest absolute Gasteiger partial charge is 0.417 e. The van der Waals surface area contributed by atoms with Crippen LogP contribution in [0.25, 0.3) is 0 Å². The van der Waals surface area contributed by atoms with Gasteiger partial charge >= 0.3 is 6.18 Å². The molecule has 1 fully saturated rings. The number of ketones is 1. The first-order chi connectivity index (χ1) is 14.7. The van der Waals surface area contributed by atoms with Gasteiger partial charge in [0.05, 0.1) is 10.6 Å². The van der Waals surface area contributed by atoms with Gasteiger partial charge < -0.3 is 4.90 Å². The Balaban J connectivity index is 1.67. The van der Waals surface area contributed by atoms with Gasteiger partial charge in [-0.1, -0.05) is 18.5 Å². The minimum Gasteiger partial charge on any atom is -0.355 e. The molecule has 166 valence electrons. The van der Waals surface area contributed by atoms with Gasteiger partial charge in [0.1, 0.15) is 11.5 Å². The van der Waals surface area contributed by atoms with Gasteiger partial charge in [-0.25, -0.2) is 15.0 Å². The van der Waals surface area contributed by atoms with E-state index in [1.54, 1.807) is 11.8 Å². The summed E-state index contributed by atoms with van der Waals surface area (Å²) in [5, 5.41) is 2.44. The highest BCUT2D eigenvalue weighted by molar-refractivity contribution is 6.33. The number of nitrogens with one attached hydrogen (secondary N) is 1. The van der Waals surface area contributed by atoms with Gasteiger partial charge in [-0.15, -0.1) is 0 Å². The third-order valence-electron chi connectivity index (χ3n) is 4.96. The number of nitrogens with zero attached hydrogens (tertiary/aromatic N) is 4. The number of hydrogen-bond acceptors (Lipinski definition) is 6. The maximum atomic E-state index is 12.8. The van der Waals surface area contributed by atoms with Gasteiger partial charge in [0.2, 0.25) is 11.9 Å². The van der Waals surface area contributed by atoms with Gasteiger partial charge in [-0.3, -0.25) is 14.9 Å². The second-order valence-electron chi connectivity index (χ2n) is 7.28. The van der Waals surface area contributed by atoms with E-state index in [0.29, 0.717) is 13.1 Å². The molecule has 0 spiro atoms. The first-order valence-electron chi connectivity index (χ1n) is 9.81. The minimum absolute atomic E-state index is 0.0370. The normalized spacial score (nSPS) is 16.8. The molecule has 3 heterocycles. The Morgan fingerprint density at radius 3 is 2.77 bits per heavy atom. The Labute approximate surface area is 182 Å². The summed E-state index contributed by atoms with van der Waals surface area (Å²) in [6.45, 7) is 2.72. The molecule has 0 aliphatic carbocycles. The summed E-state index contributed by atoms with van der Waals surface area (Å²) < 4.78 is 38.5.